The van der Waals surface area contributed by atoms with Gasteiger partial charge in [-0.2, -0.15) is 0 Å². The topological polar surface area (TPSA) is 86.5 Å². The third-order valence-electron chi connectivity index (χ3n) is 2.53. The molecule has 1 aromatic heterocycles. The number of halogens is 3. The molecule has 0 aliphatic carbocycles. The number of hydrazine groups is 1. The second-order valence-corrected chi connectivity index (χ2v) is 5.85. The van der Waals surface area contributed by atoms with Gasteiger partial charge >= 0.3 is 5.97 Å². The Balaban J connectivity index is 2.26. The molecule has 0 bridgehead atoms. The maximum Gasteiger partial charge on any atom is 0.329 e. The van der Waals surface area contributed by atoms with Gasteiger partial charge in [-0.1, -0.05) is 28.8 Å². The summed E-state index contributed by atoms with van der Waals surface area (Å²) >= 11 is 14.2. The van der Waals surface area contributed by atoms with E-state index in [1.54, 1.807) is 18.2 Å². The van der Waals surface area contributed by atoms with Crippen LogP contribution >= 0.6 is 45.8 Å². The first-order valence-corrected chi connectivity index (χ1v) is 7.58. The predicted molar refractivity (Wildman–Crippen MR) is 88.0 cm³/mol. The summed E-state index contributed by atoms with van der Waals surface area (Å²) in [5.41, 5.74) is 2.36. The molecule has 0 saturated carbocycles. The second-order valence-electron chi connectivity index (χ2n) is 3.89. The first-order chi connectivity index (χ1) is 10.0. The van der Waals surface area contributed by atoms with E-state index in [4.69, 9.17) is 33.8 Å². The number of carbonyl (C=O) groups excluding carboxylic acids is 1. The average Bonchev–Trinajstić information content (AvgIpc) is 2.42. The predicted octanol–water partition coefficient (Wildman–Crippen LogP) is 2.84. The van der Waals surface area contributed by atoms with Crippen LogP contribution < -0.4 is 16.2 Å². The SMILES string of the molecule is NNOC(=O)CCOc1c(I)cc(Cl)c2ccc(Cl)nc12. The van der Waals surface area contributed by atoms with Gasteiger partial charge in [0.15, 0.2) is 5.75 Å². The maximum absolute atomic E-state index is 11.2. The Morgan fingerprint density at radius 2 is 2.19 bits per heavy atom. The number of aromatic nitrogens is 1. The van der Waals surface area contributed by atoms with Crippen molar-refractivity contribution < 1.29 is 14.4 Å². The van der Waals surface area contributed by atoms with E-state index in [-0.39, 0.29) is 13.0 Å². The fraction of sp³-hybridized carbons (Fsp3) is 0.167. The highest BCUT2D eigenvalue weighted by molar-refractivity contribution is 14.1. The lowest BCUT2D eigenvalue weighted by molar-refractivity contribution is -0.151. The first kappa shape index (κ1) is 16.5. The van der Waals surface area contributed by atoms with Gasteiger partial charge in [0.2, 0.25) is 0 Å². The van der Waals surface area contributed by atoms with E-state index in [1.165, 1.54) is 0 Å². The largest absolute Gasteiger partial charge is 0.490 e. The van der Waals surface area contributed by atoms with Crippen LogP contribution in [0.25, 0.3) is 10.9 Å². The number of benzene rings is 1. The zero-order valence-corrected chi connectivity index (χ0v) is 14.2. The zero-order chi connectivity index (χ0) is 15.4. The minimum atomic E-state index is -0.531. The van der Waals surface area contributed by atoms with Gasteiger partial charge in [-0.25, -0.2) is 10.8 Å². The second kappa shape index (κ2) is 7.41. The van der Waals surface area contributed by atoms with Gasteiger partial charge in [0.05, 0.1) is 21.6 Å². The minimum Gasteiger partial charge on any atom is -0.490 e. The monoisotopic (exact) mass is 441 g/mol. The van der Waals surface area contributed by atoms with Crippen molar-refractivity contribution in [2.45, 2.75) is 6.42 Å². The van der Waals surface area contributed by atoms with E-state index in [0.29, 0.717) is 21.4 Å². The van der Waals surface area contributed by atoms with E-state index in [0.717, 1.165) is 8.96 Å². The standard InChI is InChI=1S/C12H10Cl2IN3O3/c13-7-5-8(15)12(20-4-3-10(19)21-18-16)11-6(7)1-2-9(14)17-11/h1-2,5,18H,3-4,16H2. The molecule has 0 amide bonds. The van der Waals surface area contributed by atoms with Gasteiger partial charge in [0.1, 0.15) is 10.7 Å². The average molecular weight is 442 g/mol. The van der Waals surface area contributed by atoms with Crippen LogP contribution in [0.4, 0.5) is 0 Å². The van der Waals surface area contributed by atoms with Crippen LogP contribution in [-0.4, -0.2) is 17.6 Å². The Hall–Kier alpha value is -0.870. The van der Waals surface area contributed by atoms with Gasteiger partial charge in [0.25, 0.3) is 0 Å². The number of hydrogen-bond acceptors (Lipinski definition) is 6. The highest BCUT2D eigenvalue weighted by Gasteiger charge is 2.14. The molecule has 0 radical (unpaired) electrons. The highest BCUT2D eigenvalue weighted by atomic mass is 127. The first-order valence-electron chi connectivity index (χ1n) is 5.75. The summed E-state index contributed by atoms with van der Waals surface area (Å²) in [7, 11) is 0. The van der Waals surface area contributed by atoms with Crippen molar-refractivity contribution in [3.8, 4) is 5.75 Å². The number of nitrogens with two attached hydrogens (primary N) is 1. The Labute approximate surface area is 143 Å². The van der Waals surface area contributed by atoms with Crippen molar-refractivity contribution in [2.24, 2.45) is 5.84 Å². The van der Waals surface area contributed by atoms with Crippen molar-refractivity contribution in [1.82, 2.24) is 10.6 Å². The Morgan fingerprint density at radius 3 is 2.90 bits per heavy atom. The molecule has 3 N–H and O–H groups in total. The highest BCUT2D eigenvalue weighted by Crippen LogP contribution is 2.35. The summed E-state index contributed by atoms with van der Waals surface area (Å²) < 4.78 is 6.39. The summed E-state index contributed by atoms with van der Waals surface area (Å²) in [5.74, 6) is 4.86. The van der Waals surface area contributed by atoms with Crippen molar-refractivity contribution in [3.05, 3.63) is 31.9 Å². The number of hydrogen-bond donors (Lipinski definition) is 2. The summed E-state index contributed by atoms with van der Waals surface area (Å²) in [6.07, 6.45) is 0.0327. The Kier molecular flexibility index (Phi) is 5.82. The van der Waals surface area contributed by atoms with Crippen LogP contribution in [-0.2, 0) is 9.63 Å². The summed E-state index contributed by atoms with van der Waals surface area (Å²) in [6, 6.07) is 5.17. The molecule has 21 heavy (non-hydrogen) atoms. The molecule has 1 aromatic carbocycles. The molecule has 1 heterocycles. The van der Waals surface area contributed by atoms with Gasteiger partial charge in [-0.3, -0.25) is 4.79 Å². The molecular formula is C12H10Cl2IN3O3. The zero-order valence-electron chi connectivity index (χ0n) is 10.5. The number of ether oxygens (including phenoxy) is 1. The molecule has 0 spiro atoms. The van der Waals surface area contributed by atoms with E-state index in [2.05, 4.69) is 32.4 Å². The summed E-state index contributed by atoms with van der Waals surface area (Å²) in [4.78, 5) is 19.8. The van der Waals surface area contributed by atoms with Gasteiger partial charge in [-0.15, -0.1) is 0 Å². The molecule has 112 valence electrons. The minimum absolute atomic E-state index is 0.0327. The smallest absolute Gasteiger partial charge is 0.329 e. The Bertz CT molecular complexity index is 684. The summed E-state index contributed by atoms with van der Waals surface area (Å²) in [6.45, 7) is 0.113. The molecule has 0 aliphatic heterocycles. The number of nitrogens with zero attached hydrogens (tertiary/aromatic N) is 1. The molecule has 0 saturated heterocycles. The number of carbonyl (C=O) groups is 1. The van der Waals surface area contributed by atoms with E-state index in [9.17, 15) is 4.79 Å². The van der Waals surface area contributed by atoms with Crippen molar-refractivity contribution in [3.63, 3.8) is 0 Å². The van der Waals surface area contributed by atoms with Crippen LogP contribution in [0.2, 0.25) is 10.2 Å². The fourth-order valence-electron chi connectivity index (χ4n) is 1.66. The van der Waals surface area contributed by atoms with Gasteiger partial charge < -0.3 is 9.57 Å². The number of nitrogens with one attached hydrogen (secondary N) is 1. The normalized spacial score (nSPS) is 10.7. The molecule has 2 aromatic rings. The maximum atomic E-state index is 11.2. The third-order valence-corrected chi connectivity index (χ3v) is 3.85. The lowest BCUT2D eigenvalue weighted by Crippen LogP contribution is -2.27. The summed E-state index contributed by atoms with van der Waals surface area (Å²) in [5, 5.41) is 1.61. The van der Waals surface area contributed by atoms with E-state index >= 15 is 0 Å². The van der Waals surface area contributed by atoms with E-state index in [1.807, 2.05) is 5.59 Å². The van der Waals surface area contributed by atoms with Crippen LogP contribution in [0.1, 0.15) is 6.42 Å². The van der Waals surface area contributed by atoms with E-state index < -0.39 is 5.97 Å². The van der Waals surface area contributed by atoms with Crippen molar-refractivity contribution in [2.75, 3.05) is 6.61 Å². The molecule has 2 rings (SSSR count). The van der Waals surface area contributed by atoms with Crippen molar-refractivity contribution in [1.29, 1.82) is 0 Å². The molecular weight excluding hydrogens is 432 g/mol. The Morgan fingerprint density at radius 1 is 1.43 bits per heavy atom. The number of fused-ring (bicyclic) bond motifs is 1. The molecule has 0 aliphatic rings. The third kappa shape index (κ3) is 4.07. The lowest BCUT2D eigenvalue weighted by atomic mass is 10.2. The van der Waals surface area contributed by atoms with Crippen LogP contribution in [0.15, 0.2) is 18.2 Å². The quantitative estimate of drug-likeness (QED) is 0.321. The lowest BCUT2D eigenvalue weighted by Gasteiger charge is -2.12. The molecule has 0 unspecified atom stereocenters. The van der Waals surface area contributed by atoms with Crippen molar-refractivity contribution >= 4 is 62.7 Å². The van der Waals surface area contributed by atoms with Gasteiger partial charge in [0, 0.05) is 5.39 Å². The molecule has 0 atom stereocenters. The number of pyridine rings is 1. The van der Waals surface area contributed by atoms with Crippen LogP contribution in [0.3, 0.4) is 0 Å². The molecule has 6 nitrogen and oxygen atoms in total. The van der Waals surface area contributed by atoms with Crippen LogP contribution in [0.5, 0.6) is 5.75 Å². The number of rotatable bonds is 5. The molecule has 0 fully saturated rings. The van der Waals surface area contributed by atoms with Gasteiger partial charge in [-0.05, 0) is 40.8 Å². The fourth-order valence-corrected chi connectivity index (χ4v) is 2.98. The molecule has 9 heteroatoms. The van der Waals surface area contributed by atoms with Crippen LogP contribution in [0, 0.1) is 3.57 Å².